The second kappa shape index (κ2) is 6.77. The number of benzene rings is 1. The van der Waals surface area contributed by atoms with Crippen molar-refractivity contribution in [2.24, 2.45) is 11.7 Å². The first-order valence-electron chi connectivity index (χ1n) is 7.58. The molecule has 0 radical (unpaired) electrons. The van der Waals surface area contributed by atoms with E-state index in [0.717, 1.165) is 31.6 Å². The van der Waals surface area contributed by atoms with Gasteiger partial charge in [0.25, 0.3) is 0 Å². The fourth-order valence-electron chi connectivity index (χ4n) is 2.91. The zero-order valence-corrected chi connectivity index (χ0v) is 13.6. The molecule has 1 fully saturated rings. The zero-order chi connectivity index (χ0) is 15.5. The number of nitrogens with zero attached hydrogens (tertiary/aromatic N) is 1. The Kier molecular flexibility index (Phi) is 5.24. The van der Waals surface area contributed by atoms with E-state index >= 15 is 0 Å². The number of hydrogen-bond acceptors (Lipinski definition) is 4. The molecule has 118 valence electrons. The number of nitrogens with two attached hydrogens (primary N) is 1. The molecule has 2 unspecified atom stereocenters. The summed E-state index contributed by atoms with van der Waals surface area (Å²) >= 11 is 0. The average Bonchev–Trinajstić information content (AvgIpc) is 2.48. The van der Waals surface area contributed by atoms with E-state index in [1.807, 2.05) is 12.1 Å². The first kappa shape index (κ1) is 16.3. The molecule has 0 aromatic heterocycles. The molecular formula is C15H25N3O2S. The van der Waals surface area contributed by atoms with E-state index in [2.05, 4.69) is 16.5 Å². The van der Waals surface area contributed by atoms with Crippen molar-refractivity contribution < 1.29 is 8.42 Å². The third kappa shape index (κ3) is 3.56. The van der Waals surface area contributed by atoms with Crippen LogP contribution < -0.4 is 15.4 Å². The summed E-state index contributed by atoms with van der Waals surface area (Å²) in [6.45, 7) is 5.92. The topological polar surface area (TPSA) is 75.4 Å². The van der Waals surface area contributed by atoms with Crippen LogP contribution in [0.25, 0.3) is 0 Å². The lowest BCUT2D eigenvalue weighted by Crippen LogP contribution is -2.47. The molecule has 0 spiro atoms. The lowest BCUT2D eigenvalue weighted by molar-refractivity contribution is 0.347. The molecule has 0 saturated carbocycles. The van der Waals surface area contributed by atoms with Crippen LogP contribution in [0.15, 0.2) is 29.2 Å². The van der Waals surface area contributed by atoms with E-state index < -0.39 is 10.0 Å². The molecule has 2 rings (SSSR count). The number of piperidine rings is 1. The van der Waals surface area contributed by atoms with E-state index in [0.29, 0.717) is 17.4 Å². The fraction of sp³-hybridized carbons (Fsp3) is 0.600. The van der Waals surface area contributed by atoms with Crippen LogP contribution in [0, 0.1) is 5.92 Å². The molecule has 6 heteroatoms. The average molecular weight is 311 g/mol. The second-order valence-corrected chi connectivity index (χ2v) is 7.27. The van der Waals surface area contributed by atoms with Gasteiger partial charge in [0.15, 0.2) is 0 Å². The Labute approximate surface area is 127 Å². The van der Waals surface area contributed by atoms with Gasteiger partial charge in [-0.05, 0) is 24.5 Å². The Balaban J connectivity index is 2.33. The standard InChI is InChI=1S/C15H25N3O2S/c1-3-12-11-18(10-9-13(12)16)14-7-5-6-8-15(14)21(19,20)17-4-2/h5-8,12-13,17H,3-4,9-11,16H2,1-2H3. The number of nitrogens with one attached hydrogen (secondary N) is 1. The summed E-state index contributed by atoms with van der Waals surface area (Å²) in [5, 5.41) is 0. The van der Waals surface area contributed by atoms with Crippen LogP contribution in [0.2, 0.25) is 0 Å². The van der Waals surface area contributed by atoms with Gasteiger partial charge in [-0.3, -0.25) is 0 Å². The van der Waals surface area contributed by atoms with Gasteiger partial charge in [0.05, 0.1) is 5.69 Å². The van der Waals surface area contributed by atoms with Gasteiger partial charge in [-0.1, -0.05) is 32.4 Å². The Morgan fingerprint density at radius 1 is 1.33 bits per heavy atom. The summed E-state index contributed by atoms with van der Waals surface area (Å²) in [6, 6.07) is 7.41. The predicted octanol–water partition coefficient (Wildman–Crippen LogP) is 1.55. The third-order valence-corrected chi connectivity index (χ3v) is 5.74. The number of hydrogen-bond donors (Lipinski definition) is 2. The molecule has 1 aromatic carbocycles. The second-order valence-electron chi connectivity index (χ2n) is 5.54. The van der Waals surface area contributed by atoms with Gasteiger partial charge >= 0.3 is 0 Å². The highest BCUT2D eigenvalue weighted by molar-refractivity contribution is 7.89. The molecule has 1 aliphatic rings. The summed E-state index contributed by atoms with van der Waals surface area (Å²) < 4.78 is 27.3. The minimum atomic E-state index is -3.45. The highest BCUT2D eigenvalue weighted by Gasteiger charge is 2.28. The van der Waals surface area contributed by atoms with Gasteiger partial charge in [-0.25, -0.2) is 13.1 Å². The number of sulfonamides is 1. The molecular weight excluding hydrogens is 286 g/mol. The summed E-state index contributed by atoms with van der Waals surface area (Å²) in [4.78, 5) is 2.51. The Hall–Kier alpha value is -1.11. The molecule has 3 N–H and O–H groups in total. The largest absolute Gasteiger partial charge is 0.370 e. The molecule has 5 nitrogen and oxygen atoms in total. The van der Waals surface area contributed by atoms with Crippen LogP contribution >= 0.6 is 0 Å². The third-order valence-electron chi connectivity index (χ3n) is 4.15. The lowest BCUT2D eigenvalue weighted by atomic mass is 9.90. The molecule has 0 bridgehead atoms. The van der Waals surface area contributed by atoms with Crippen molar-refractivity contribution in [2.75, 3.05) is 24.5 Å². The van der Waals surface area contributed by atoms with Gasteiger partial charge in [0.2, 0.25) is 10.0 Å². The van der Waals surface area contributed by atoms with E-state index in [-0.39, 0.29) is 6.04 Å². The van der Waals surface area contributed by atoms with Crippen LogP contribution in [0.1, 0.15) is 26.7 Å². The highest BCUT2D eigenvalue weighted by atomic mass is 32.2. The number of anilines is 1. The molecule has 1 aromatic rings. The minimum absolute atomic E-state index is 0.212. The molecule has 0 aliphatic carbocycles. The quantitative estimate of drug-likeness (QED) is 0.865. The van der Waals surface area contributed by atoms with E-state index in [4.69, 9.17) is 5.73 Å². The Morgan fingerprint density at radius 3 is 2.71 bits per heavy atom. The maximum Gasteiger partial charge on any atom is 0.242 e. The first-order valence-corrected chi connectivity index (χ1v) is 9.07. The van der Waals surface area contributed by atoms with Gasteiger partial charge in [0.1, 0.15) is 4.90 Å². The van der Waals surface area contributed by atoms with Crippen molar-refractivity contribution in [2.45, 2.75) is 37.6 Å². The van der Waals surface area contributed by atoms with Crippen molar-refractivity contribution in [1.82, 2.24) is 4.72 Å². The van der Waals surface area contributed by atoms with Crippen LogP contribution in [-0.4, -0.2) is 34.1 Å². The van der Waals surface area contributed by atoms with Crippen molar-refractivity contribution in [3.05, 3.63) is 24.3 Å². The predicted molar refractivity (Wildman–Crippen MR) is 85.9 cm³/mol. The molecule has 1 heterocycles. The maximum atomic E-state index is 12.3. The van der Waals surface area contributed by atoms with Crippen molar-refractivity contribution in [1.29, 1.82) is 0 Å². The smallest absolute Gasteiger partial charge is 0.242 e. The molecule has 1 saturated heterocycles. The SMILES string of the molecule is CCNS(=O)(=O)c1ccccc1N1CCC(N)C(CC)C1. The fourth-order valence-corrected chi connectivity index (χ4v) is 4.18. The van der Waals surface area contributed by atoms with Crippen molar-refractivity contribution in [3.8, 4) is 0 Å². The van der Waals surface area contributed by atoms with Crippen molar-refractivity contribution >= 4 is 15.7 Å². The van der Waals surface area contributed by atoms with E-state index in [1.54, 1.807) is 19.1 Å². The van der Waals surface area contributed by atoms with Gasteiger partial charge in [-0.15, -0.1) is 0 Å². The number of rotatable bonds is 5. The lowest BCUT2D eigenvalue weighted by Gasteiger charge is -2.38. The molecule has 21 heavy (non-hydrogen) atoms. The van der Waals surface area contributed by atoms with E-state index in [9.17, 15) is 8.42 Å². The monoisotopic (exact) mass is 311 g/mol. The summed E-state index contributed by atoms with van der Waals surface area (Å²) in [5.41, 5.74) is 6.93. The van der Waals surface area contributed by atoms with Crippen LogP contribution in [-0.2, 0) is 10.0 Å². The van der Waals surface area contributed by atoms with E-state index in [1.165, 1.54) is 0 Å². The van der Waals surface area contributed by atoms with Crippen LogP contribution in [0.4, 0.5) is 5.69 Å². The zero-order valence-electron chi connectivity index (χ0n) is 12.7. The normalized spacial score (nSPS) is 23.3. The van der Waals surface area contributed by atoms with Gasteiger partial charge in [-0.2, -0.15) is 0 Å². The maximum absolute atomic E-state index is 12.3. The summed E-state index contributed by atoms with van der Waals surface area (Å²) in [7, 11) is -3.45. The van der Waals surface area contributed by atoms with Gasteiger partial charge in [0, 0.05) is 25.7 Å². The first-order chi connectivity index (χ1) is 9.99. The van der Waals surface area contributed by atoms with Crippen LogP contribution in [0.5, 0.6) is 0 Å². The summed E-state index contributed by atoms with van der Waals surface area (Å²) in [6.07, 6.45) is 1.91. The molecule has 1 aliphatic heterocycles. The summed E-state index contributed by atoms with van der Waals surface area (Å²) in [5.74, 6) is 0.411. The number of para-hydroxylation sites is 1. The molecule has 2 atom stereocenters. The van der Waals surface area contributed by atoms with Gasteiger partial charge < -0.3 is 10.6 Å². The molecule has 0 amide bonds. The highest BCUT2D eigenvalue weighted by Crippen LogP contribution is 2.29. The Morgan fingerprint density at radius 2 is 2.05 bits per heavy atom. The van der Waals surface area contributed by atoms with Crippen molar-refractivity contribution in [3.63, 3.8) is 0 Å². The Bertz CT molecular complexity index is 574. The minimum Gasteiger partial charge on any atom is -0.370 e. The van der Waals surface area contributed by atoms with Crippen LogP contribution in [0.3, 0.4) is 0 Å².